The summed E-state index contributed by atoms with van der Waals surface area (Å²) < 4.78 is 12.8. The summed E-state index contributed by atoms with van der Waals surface area (Å²) in [6.45, 7) is 0. The van der Waals surface area contributed by atoms with Crippen LogP contribution in [0.2, 0.25) is 0 Å². The number of benzene rings is 4. The molecule has 0 saturated heterocycles. The second kappa shape index (κ2) is 12.7. The molecule has 0 radical (unpaired) electrons. The summed E-state index contributed by atoms with van der Waals surface area (Å²) in [6.07, 6.45) is 13.6. The molecule has 0 amide bonds. The topological polar surface area (TPSA) is 70.5 Å². The van der Waals surface area contributed by atoms with Gasteiger partial charge in [-0.05, 0) is 127 Å². The van der Waals surface area contributed by atoms with Crippen molar-refractivity contribution in [2.75, 3.05) is 11.5 Å². The van der Waals surface area contributed by atoms with E-state index in [0.717, 1.165) is 40.8 Å². The van der Waals surface area contributed by atoms with Gasteiger partial charge in [-0.25, -0.2) is 0 Å². The number of anilines is 2. The third-order valence-electron chi connectivity index (χ3n) is 8.86. The van der Waals surface area contributed by atoms with Gasteiger partial charge >= 0.3 is 0 Å². The van der Waals surface area contributed by atoms with E-state index in [4.69, 9.17) is 20.9 Å². The van der Waals surface area contributed by atoms with E-state index in [1.807, 2.05) is 48.5 Å². The third kappa shape index (κ3) is 6.87. The summed E-state index contributed by atoms with van der Waals surface area (Å²) in [5.41, 5.74) is 18.6. The average molecular weight is 547 g/mol. The molecule has 4 nitrogen and oxygen atoms in total. The molecule has 0 bridgehead atoms. The Morgan fingerprint density at radius 1 is 0.488 bits per heavy atom. The summed E-state index contributed by atoms with van der Waals surface area (Å²) in [5, 5.41) is 0. The molecule has 0 atom stereocenters. The van der Waals surface area contributed by atoms with Crippen molar-refractivity contribution in [3.05, 3.63) is 107 Å². The molecule has 41 heavy (non-hydrogen) atoms. The van der Waals surface area contributed by atoms with Crippen LogP contribution >= 0.6 is 0 Å². The van der Waals surface area contributed by atoms with Crippen molar-refractivity contribution in [2.45, 2.75) is 82.5 Å². The predicted molar refractivity (Wildman–Crippen MR) is 169 cm³/mol. The zero-order chi connectivity index (χ0) is 28.0. The molecule has 4 heteroatoms. The van der Waals surface area contributed by atoms with Crippen LogP contribution in [-0.2, 0) is 6.42 Å². The van der Waals surface area contributed by atoms with Crippen LogP contribution in [0, 0.1) is 0 Å². The van der Waals surface area contributed by atoms with Gasteiger partial charge in [0, 0.05) is 11.4 Å². The highest BCUT2D eigenvalue weighted by molar-refractivity contribution is 5.49. The second-order valence-electron chi connectivity index (χ2n) is 11.9. The zero-order valence-corrected chi connectivity index (χ0v) is 24.0. The minimum Gasteiger partial charge on any atom is -0.457 e. The van der Waals surface area contributed by atoms with E-state index in [-0.39, 0.29) is 0 Å². The highest BCUT2D eigenvalue weighted by Gasteiger charge is 2.22. The van der Waals surface area contributed by atoms with Crippen LogP contribution in [0.4, 0.5) is 11.4 Å². The molecule has 0 heterocycles. The first-order valence-corrected chi connectivity index (χ1v) is 15.4. The first-order chi connectivity index (χ1) is 20.1. The Labute approximate surface area is 244 Å². The lowest BCUT2D eigenvalue weighted by Crippen LogP contribution is -2.08. The van der Waals surface area contributed by atoms with Gasteiger partial charge in [-0.15, -0.1) is 0 Å². The van der Waals surface area contributed by atoms with E-state index in [1.165, 1.54) is 86.5 Å². The molecule has 6 rings (SSSR count). The molecule has 0 unspecified atom stereocenters. The maximum Gasteiger partial charge on any atom is 0.130 e. The van der Waals surface area contributed by atoms with Gasteiger partial charge in [-0.1, -0.05) is 62.8 Å². The summed E-state index contributed by atoms with van der Waals surface area (Å²) >= 11 is 0. The quantitative estimate of drug-likeness (QED) is 0.216. The van der Waals surface area contributed by atoms with Crippen molar-refractivity contribution < 1.29 is 9.47 Å². The van der Waals surface area contributed by atoms with Crippen molar-refractivity contribution in [3.63, 3.8) is 0 Å². The molecule has 2 aliphatic carbocycles. The molecule has 0 aliphatic heterocycles. The van der Waals surface area contributed by atoms with Gasteiger partial charge in [0.2, 0.25) is 0 Å². The maximum atomic E-state index is 6.42. The number of hydrogen-bond donors (Lipinski definition) is 2. The number of nitrogen functional groups attached to an aromatic ring is 2. The minimum atomic E-state index is 0.543. The number of hydrogen-bond acceptors (Lipinski definition) is 4. The van der Waals surface area contributed by atoms with Crippen molar-refractivity contribution in [2.24, 2.45) is 0 Å². The van der Waals surface area contributed by atoms with Gasteiger partial charge in [0.15, 0.2) is 0 Å². The van der Waals surface area contributed by atoms with E-state index in [1.54, 1.807) is 0 Å². The van der Waals surface area contributed by atoms with Crippen molar-refractivity contribution in [3.8, 4) is 23.0 Å². The van der Waals surface area contributed by atoms with Crippen LogP contribution in [0.5, 0.6) is 23.0 Å². The van der Waals surface area contributed by atoms with Crippen molar-refractivity contribution >= 4 is 11.4 Å². The highest BCUT2D eigenvalue weighted by Crippen LogP contribution is 2.42. The van der Waals surface area contributed by atoms with E-state index in [9.17, 15) is 0 Å². The Bertz CT molecular complexity index is 1320. The van der Waals surface area contributed by atoms with Crippen LogP contribution in [0.3, 0.4) is 0 Å². The number of ether oxygens (including phenoxy) is 2. The Balaban J connectivity index is 1.28. The number of rotatable bonds is 8. The van der Waals surface area contributed by atoms with E-state index in [2.05, 4.69) is 36.4 Å². The highest BCUT2D eigenvalue weighted by atomic mass is 16.5. The smallest absolute Gasteiger partial charge is 0.130 e. The second-order valence-corrected chi connectivity index (χ2v) is 11.9. The summed E-state index contributed by atoms with van der Waals surface area (Å²) in [5.74, 6) is 4.69. The summed E-state index contributed by atoms with van der Waals surface area (Å²) in [4.78, 5) is 0. The van der Waals surface area contributed by atoms with Crippen LogP contribution in [0.25, 0.3) is 0 Å². The van der Waals surface area contributed by atoms with Crippen LogP contribution in [0.1, 0.15) is 98.3 Å². The lowest BCUT2D eigenvalue weighted by atomic mass is 9.82. The molecule has 212 valence electrons. The molecule has 4 aromatic rings. The standard InChI is InChI=1S/C37H42N2O2/c38-30-13-17-32(18-14-30)40-36-21-11-26(24-34(36)28-7-3-1-4-8-28)23-27-12-22-37(41-33-19-15-31(39)16-20-33)35(25-27)29-9-5-2-6-10-29/h11-22,24-25,28-29H,1-10,23,38-39H2. The van der Waals surface area contributed by atoms with Gasteiger partial charge in [0.1, 0.15) is 23.0 Å². The third-order valence-corrected chi connectivity index (χ3v) is 8.86. The van der Waals surface area contributed by atoms with E-state index in [0.29, 0.717) is 11.8 Å². The Hall–Kier alpha value is -3.92. The van der Waals surface area contributed by atoms with Gasteiger partial charge in [-0.2, -0.15) is 0 Å². The monoisotopic (exact) mass is 546 g/mol. The first kappa shape index (κ1) is 27.3. The first-order valence-electron chi connectivity index (χ1n) is 15.4. The Morgan fingerprint density at radius 3 is 1.27 bits per heavy atom. The van der Waals surface area contributed by atoms with Crippen LogP contribution < -0.4 is 20.9 Å². The fourth-order valence-electron chi connectivity index (χ4n) is 6.63. The molecule has 2 aliphatic rings. The van der Waals surface area contributed by atoms with Crippen molar-refractivity contribution in [1.82, 2.24) is 0 Å². The van der Waals surface area contributed by atoms with Crippen LogP contribution in [0.15, 0.2) is 84.9 Å². The molecule has 2 saturated carbocycles. The lowest BCUT2D eigenvalue weighted by molar-refractivity contribution is 0.418. The van der Waals surface area contributed by atoms with Crippen LogP contribution in [-0.4, -0.2) is 0 Å². The van der Waals surface area contributed by atoms with Gasteiger partial charge in [0.05, 0.1) is 0 Å². The molecule has 4 N–H and O–H groups in total. The molecule has 4 aromatic carbocycles. The molecular formula is C37H42N2O2. The fourth-order valence-corrected chi connectivity index (χ4v) is 6.63. The predicted octanol–water partition coefficient (Wildman–Crippen LogP) is 10.1. The fraction of sp³-hybridized carbons (Fsp3) is 0.351. The van der Waals surface area contributed by atoms with Gasteiger partial charge < -0.3 is 20.9 Å². The zero-order valence-electron chi connectivity index (χ0n) is 24.0. The normalized spacial score (nSPS) is 16.4. The minimum absolute atomic E-state index is 0.543. The molecule has 0 aromatic heterocycles. The lowest BCUT2D eigenvalue weighted by Gasteiger charge is -2.26. The maximum absolute atomic E-state index is 6.42. The molecule has 0 spiro atoms. The summed E-state index contributed by atoms with van der Waals surface area (Å²) in [6, 6.07) is 29.0. The molecule has 2 fully saturated rings. The van der Waals surface area contributed by atoms with E-state index >= 15 is 0 Å². The average Bonchev–Trinajstić information content (AvgIpc) is 3.02. The van der Waals surface area contributed by atoms with Crippen molar-refractivity contribution in [1.29, 1.82) is 0 Å². The largest absolute Gasteiger partial charge is 0.457 e. The van der Waals surface area contributed by atoms with Gasteiger partial charge in [0.25, 0.3) is 0 Å². The molecular weight excluding hydrogens is 504 g/mol. The van der Waals surface area contributed by atoms with E-state index < -0.39 is 0 Å². The SMILES string of the molecule is Nc1ccc(Oc2ccc(Cc3ccc(Oc4ccc(N)cc4)c(C4CCCCC4)c3)cc2C2CCCCC2)cc1. The van der Waals surface area contributed by atoms with Gasteiger partial charge in [-0.3, -0.25) is 0 Å². The summed E-state index contributed by atoms with van der Waals surface area (Å²) in [7, 11) is 0. The Morgan fingerprint density at radius 2 is 0.878 bits per heavy atom. The Kier molecular flexibility index (Phi) is 8.46. The number of nitrogens with two attached hydrogens (primary N) is 2.